The topological polar surface area (TPSA) is 26.3 Å². The fraction of sp³-hybridized carbons (Fsp3) is 0.625. The number of methoxy groups -OCH3 is 1. The largest absolute Gasteiger partial charge is 0.501 e. The number of allylic oxidation sites excluding steroid dienone is 2. The van der Waals surface area contributed by atoms with Gasteiger partial charge in [0.15, 0.2) is 3.79 Å². The lowest BCUT2D eigenvalue weighted by Crippen LogP contribution is -2.16. The fourth-order valence-electron chi connectivity index (χ4n) is 0.745. The molecule has 0 aromatic carbocycles. The minimum atomic E-state index is -1.38. The van der Waals surface area contributed by atoms with Crippen molar-refractivity contribution in [1.29, 1.82) is 0 Å². The number of carbonyl (C=O) groups excluding carboxylic acids is 1. The van der Waals surface area contributed by atoms with Crippen LogP contribution in [0.5, 0.6) is 0 Å². The van der Waals surface area contributed by atoms with Crippen LogP contribution >= 0.6 is 46.4 Å². The molecule has 14 heavy (non-hydrogen) atoms. The molecule has 0 saturated carbocycles. The Kier molecular flexibility index (Phi) is 6.22. The number of hydrogen-bond donors (Lipinski definition) is 0. The summed E-state index contributed by atoms with van der Waals surface area (Å²) < 4.78 is 3.52. The van der Waals surface area contributed by atoms with Gasteiger partial charge in [0.2, 0.25) is 5.24 Å². The molecule has 0 fully saturated rings. The van der Waals surface area contributed by atoms with Gasteiger partial charge in [-0.15, -0.1) is 0 Å². The monoisotopic (exact) mass is 278 g/mol. The first-order valence-electron chi connectivity index (χ1n) is 3.78. The van der Waals surface area contributed by atoms with Crippen LogP contribution in [-0.4, -0.2) is 16.1 Å². The summed E-state index contributed by atoms with van der Waals surface area (Å²) in [4.78, 5) is 10.6. The summed E-state index contributed by atoms with van der Waals surface area (Å²) in [5, 5.41) is -0.613. The molecule has 0 spiro atoms. The molecule has 0 aliphatic rings. The molecule has 1 atom stereocenters. The normalized spacial score (nSPS) is 15.1. The van der Waals surface area contributed by atoms with Gasteiger partial charge in [0.05, 0.1) is 7.11 Å². The molecule has 6 heteroatoms. The zero-order valence-corrected chi connectivity index (χ0v) is 10.7. The van der Waals surface area contributed by atoms with E-state index in [0.29, 0.717) is 12.2 Å². The first-order valence-corrected chi connectivity index (χ1v) is 5.29. The average molecular weight is 280 g/mol. The van der Waals surface area contributed by atoms with Crippen LogP contribution in [0.2, 0.25) is 0 Å². The summed E-state index contributed by atoms with van der Waals surface area (Å²) in [6.45, 7) is 1.73. The van der Waals surface area contributed by atoms with Gasteiger partial charge >= 0.3 is 0 Å². The standard InChI is InChI=1S/C8H10Cl4O2/c1-5(8(10,11)12)3-6(14-2)4-7(9)13/h4-5H,3H2,1-2H3/b6-4+/t5-/m1/s1. The van der Waals surface area contributed by atoms with Gasteiger partial charge in [0.1, 0.15) is 5.76 Å². The summed E-state index contributed by atoms with van der Waals surface area (Å²) in [5.41, 5.74) is 0. The number of hydrogen-bond acceptors (Lipinski definition) is 2. The van der Waals surface area contributed by atoms with E-state index in [1.54, 1.807) is 6.92 Å². The van der Waals surface area contributed by atoms with Gasteiger partial charge in [0, 0.05) is 18.4 Å². The van der Waals surface area contributed by atoms with Gasteiger partial charge in [0.25, 0.3) is 0 Å². The fourth-order valence-corrected chi connectivity index (χ4v) is 1.10. The van der Waals surface area contributed by atoms with E-state index in [0.717, 1.165) is 6.08 Å². The maximum absolute atomic E-state index is 10.6. The zero-order valence-electron chi connectivity index (χ0n) is 7.69. The Labute approximate surface area is 103 Å². The SMILES string of the molecule is CO/C(=C/C(=O)Cl)C[C@@H](C)C(Cl)(Cl)Cl. The van der Waals surface area contributed by atoms with Gasteiger partial charge in [-0.2, -0.15) is 0 Å². The lowest BCUT2D eigenvalue weighted by atomic mass is 10.1. The third-order valence-corrected chi connectivity index (χ3v) is 2.83. The van der Waals surface area contributed by atoms with Crippen molar-refractivity contribution in [2.24, 2.45) is 5.92 Å². The van der Waals surface area contributed by atoms with E-state index in [-0.39, 0.29) is 5.92 Å². The van der Waals surface area contributed by atoms with Gasteiger partial charge in [-0.3, -0.25) is 4.79 Å². The molecule has 0 N–H and O–H groups in total. The molecule has 0 rings (SSSR count). The molecule has 0 unspecified atom stereocenters. The molecule has 0 aliphatic carbocycles. The number of ether oxygens (including phenoxy) is 1. The highest BCUT2D eigenvalue weighted by Gasteiger charge is 2.29. The van der Waals surface area contributed by atoms with E-state index < -0.39 is 9.03 Å². The van der Waals surface area contributed by atoms with Crippen molar-refractivity contribution in [1.82, 2.24) is 0 Å². The Morgan fingerprint density at radius 2 is 2.00 bits per heavy atom. The molecule has 0 aliphatic heterocycles. The van der Waals surface area contributed by atoms with Crippen LogP contribution in [-0.2, 0) is 9.53 Å². The van der Waals surface area contributed by atoms with Crippen molar-refractivity contribution in [3.05, 3.63) is 11.8 Å². The summed E-state index contributed by atoms with van der Waals surface area (Å²) in [7, 11) is 1.43. The highest BCUT2D eigenvalue weighted by Crippen LogP contribution is 2.38. The highest BCUT2D eigenvalue weighted by molar-refractivity contribution is 6.67. The molecular weight excluding hydrogens is 270 g/mol. The quantitative estimate of drug-likeness (QED) is 0.340. The van der Waals surface area contributed by atoms with E-state index >= 15 is 0 Å². The third kappa shape index (κ3) is 5.97. The average Bonchev–Trinajstić information content (AvgIpc) is 2.00. The highest BCUT2D eigenvalue weighted by atomic mass is 35.6. The van der Waals surface area contributed by atoms with Gasteiger partial charge < -0.3 is 4.74 Å². The van der Waals surface area contributed by atoms with Crippen LogP contribution in [0.15, 0.2) is 11.8 Å². The van der Waals surface area contributed by atoms with Gasteiger partial charge in [-0.1, -0.05) is 41.7 Å². The van der Waals surface area contributed by atoms with Gasteiger partial charge in [-0.05, 0) is 11.6 Å². The predicted molar refractivity (Wildman–Crippen MR) is 60.0 cm³/mol. The lowest BCUT2D eigenvalue weighted by molar-refractivity contribution is -0.107. The molecule has 0 amide bonds. The summed E-state index contributed by atoms with van der Waals surface area (Å²) in [6.07, 6.45) is 1.50. The molecule has 0 aromatic heterocycles. The van der Waals surface area contributed by atoms with Crippen LogP contribution in [0.4, 0.5) is 0 Å². The molecule has 2 nitrogen and oxygen atoms in total. The van der Waals surface area contributed by atoms with Crippen molar-refractivity contribution in [2.75, 3.05) is 7.11 Å². The van der Waals surface area contributed by atoms with Crippen molar-refractivity contribution >= 4 is 51.6 Å². The van der Waals surface area contributed by atoms with Crippen LogP contribution < -0.4 is 0 Å². The predicted octanol–water partition coefficient (Wildman–Crippen LogP) is 3.68. The van der Waals surface area contributed by atoms with Crippen LogP contribution in [0.3, 0.4) is 0 Å². The molecule has 0 saturated heterocycles. The minimum absolute atomic E-state index is 0.269. The smallest absolute Gasteiger partial charge is 0.248 e. The Balaban J connectivity index is 4.41. The molecular formula is C8H10Cl4O2. The maximum atomic E-state index is 10.6. The molecule has 0 bridgehead atoms. The van der Waals surface area contributed by atoms with Crippen LogP contribution in [0.1, 0.15) is 13.3 Å². The van der Waals surface area contributed by atoms with E-state index in [1.807, 2.05) is 0 Å². The Hall–Kier alpha value is 0.370. The Morgan fingerprint density at radius 1 is 1.50 bits per heavy atom. The zero-order chi connectivity index (χ0) is 11.4. The van der Waals surface area contributed by atoms with Crippen molar-refractivity contribution in [2.45, 2.75) is 17.1 Å². The van der Waals surface area contributed by atoms with Crippen LogP contribution in [0, 0.1) is 5.92 Å². The summed E-state index contributed by atoms with van der Waals surface area (Å²) in [5.74, 6) is 0.124. The number of carbonyl (C=O) groups is 1. The van der Waals surface area contributed by atoms with E-state index in [2.05, 4.69) is 0 Å². The lowest BCUT2D eigenvalue weighted by Gasteiger charge is -2.20. The molecule has 0 aromatic rings. The van der Waals surface area contributed by atoms with Crippen molar-refractivity contribution < 1.29 is 9.53 Å². The Bertz CT molecular complexity index is 232. The second kappa shape index (κ2) is 6.06. The molecule has 82 valence electrons. The maximum Gasteiger partial charge on any atom is 0.248 e. The van der Waals surface area contributed by atoms with Crippen molar-refractivity contribution in [3.8, 4) is 0 Å². The molecule has 0 heterocycles. The number of rotatable bonds is 4. The number of halogens is 4. The van der Waals surface area contributed by atoms with Gasteiger partial charge in [-0.25, -0.2) is 0 Å². The van der Waals surface area contributed by atoms with E-state index in [9.17, 15) is 4.79 Å². The van der Waals surface area contributed by atoms with Crippen molar-refractivity contribution in [3.63, 3.8) is 0 Å². The van der Waals surface area contributed by atoms with E-state index in [4.69, 9.17) is 51.1 Å². The second-order valence-electron chi connectivity index (χ2n) is 2.77. The summed E-state index contributed by atoms with van der Waals surface area (Å²) >= 11 is 22.1. The summed E-state index contributed by atoms with van der Waals surface area (Å²) in [6, 6.07) is 0. The van der Waals surface area contributed by atoms with E-state index in [1.165, 1.54) is 7.11 Å². The Morgan fingerprint density at radius 3 is 2.29 bits per heavy atom. The third-order valence-electron chi connectivity index (χ3n) is 1.60. The minimum Gasteiger partial charge on any atom is -0.501 e. The van der Waals surface area contributed by atoms with Crippen LogP contribution in [0.25, 0.3) is 0 Å². The second-order valence-corrected chi connectivity index (χ2v) is 5.51. The first-order chi connectivity index (χ1) is 6.27. The molecule has 0 radical (unpaired) electrons. The number of alkyl halides is 3. The first kappa shape index (κ1) is 14.4.